The van der Waals surface area contributed by atoms with Gasteiger partial charge in [-0.2, -0.15) is 0 Å². The van der Waals surface area contributed by atoms with E-state index < -0.39 is 11.5 Å². The molecule has 1 saturated carbocycles. The molecule has 9 nitrogen and oxygen atoms in total. The Kier molecular flexibility index (Phi) is 4.88. The Morgan fingerprint density at radius 3 is 2.23 bits per heavy atom. The van der Waals surface area contributed by atoms with Crippen molar-refractivity contribution < 1.29 is 28.5 Å². The molecule has 2 aromatic heterocycles. The van der Waals surface area contributed by atoms with Gasteiger partial charge in [0.25, 0.3) is 0 Å². The number of carbonyl (C=O) groups excluding carboxylic acids is 1. The van der Waals surface area contributed by atoms with Crippen molar-refractivity contribution in [2.45, 2.75) is 51.5 Å². The Labute approximate surface area is 149 Å². The Balaban J connectivity index is 0.000000185. The fraction of sp³-hybridized carbons (Fsp3) is 0.471. The molecule has 0 radical (unpaired) electrons. The lowest BCUT2D eigenvalue weighted by Gasteiger charge is -2.25. The van der Waals surface area contributed by atoms with Crippen molar-refractivity contribution in [1.82, 2.24) is 10.3 Å². The molecule has 0 bridgehead atoms. The van der Waals surface area contributed by atoms with E-state index in [-0.39, 0.29) is 11.5 Å². The number of carboxylic acids is 1. The molecule has 0 unspecified atom stereocenters. The van der Waals surface area contributed by atoms with Gasteiger partial charge in [0, 0.05) is 0 Å². The zero-order valence-electron chi connectivity index (χ0n) is 14.5. The molecular formula is C17H19N3O6. The predicted octanol–water partition coefficient (Wildman–Crippen LogP) is 2.67. The van der Waals surface area contributed by atoms with Gasteiger partial charge < -0.3 is 18.9 Å². The highest BCUT2D eigenvalue weighted by Crippen LogP contribution is 2.37. The zero-order valence-corrected chi connectivity index (χ0v) is 14.5. The number of aryl methyl sites for hydroxylation is 2. The lowest BCUT2D eigenvalue weighted by molar-refractivity contribution is -0.140. The summed E-state index contributed by atoms with van der Waals surface area (Å²) < 4.78 is 14.8. The summed E-state index contributed by atoms with van der Waals surface area (Å²) in [6, 6.07) is 0. The van der Waals surface area contributed by atoms with Crippen LogP contribution in [0.1, 0.15) is 59.5 Å². The van der Waals surface area contributed by atoms with Crippen LogP contribution in [0.25, 0.3) is 0 Å². The fourth-order valence-electron chi connectivity index (χ4n) is 3.02. The van der Waals surface area contributed by atoms with E-state index >= 15 is 0 Å². The zero-order chi connectivity index (χ0) is 18.7. The van der Waals surface area contributed by atoms with E-state index in [9.17, 15) is 9.59 Å². The van der Waals surface area contributed by atoms with Crippen molar-refractivity contribution in [3.05, 3.63) is 35.0 Å². The van der Waals surface area contributed by atoms with Gasteiger partial charge in [-0.05, 0) is 26.7 Å². The largest absolute Gasteiger partial charge is 0.478 e. The quantitative estimate of drug-likeness (QED) is 0.809. The second-order valence-corrected chi connectivity index (χ2v) is 6.30. The highest BCUT2D eigenvalue weighted by atomic mass is 16.6. The van der Waals surface area contributed by atoms with Gasteiger partial charge in [-0.3, -0.25) is 0 Å². The number of hydrogen-bond donors (Lipinski definition) is 1. The normalized spacial score (nSPS) is 18.1. The molecule has 9 heteroatoms. The van der Waals surface area contributed by atoms with E-state index in [1.54, 1.807) is 20.0 Å². The van der Waals surface area contributed by atoms with Gasteiger partial charge in [0.15, 0.2) is 5.54 Å². The summed E-state index contributed by atoms with van der Waals surface area (Å²) in [5.74, 6) is 0.115. The first-order valence-electron chi connectivity index (χ1n) is 8.31. The maximum Gasteiger partial charge on any atom is 0.340 e. The lowest BCUT2D eigenvalue weighted by atomic mass is 9.83. The maximum absolute atomic E-state index is 12.0. The van der Waals surface area contributed by atoms with Crippen LogP contribution in [-0.2, 0) is 9.53 Å². The monoisotopic (exact) mass is 361 g/mol. The minimum atomic E-state index is -1.01. The van der Waals surface area contributed by atoms with Crippen LogP contribution < -0.4 is 0 Å². The third-order valence-electron chi connectivity index (χ3n) is 4.53. The van der Waals surface area contributed by atoms with Crippen LogP contribution in [0.3, 0.4) is 0 Å². The third kappa shape index (κ3) is 3.37. The molecule has 3 heterocycles. The molecule has 0 amide bonds. The first-order valence-corrected chi connectivity index (χ1v) is 8.31. The van der Waals surface area contributed by atoms with E-state index in [4.69, 9.17) is 14.4 Å². The molecule has 0 aromatic carbocycles. The molecule has 0 atom stereocenters. The van der Waals surface area contributed by atoms with E-state index in [0.717, 1.165) is 25.7 Å². The number of nitrogens with zero attached hydrogens (tertiary/aromatic N) is 3. The van der Waals surface area contributed by atoms with Crippen molar-refractivity contribution in [3.63, 3.8) is 0 Å². The van der Waals surface area contributed by atoms with Gasteiger partial charge in [-0.15, -0.1) is 0 Å². The van der Waals surface area contributed by atoms with Gasteiger partial charge >= 0.3 is 11.9 Å². The lowest BCUT2D eigenvalue weighted by Crippen LogP contribution is -2.35. The SMILES string of the molecule is Cc1oncc1C(=O)O.Cc1oncc1C1=NC2(CCCCC2)C(=O)O1. The average Bonchev–Trinajstić information content (AvgIpc) is 3.30. The second-order valence-electron chi connectivity index (χ2n) is 6.30. The van der Waals surface area contributed by atoms with Gasteiger partial charge in [0.05, 0.1) is 18.0 Å². The Hall–Kier alpha value is -2.97. The summed E-state index contributed by atoms with van der Waals surface area (Å²) in [5.41, 5.74) is 0.174. The predicted molar refractivity (Wildman–Crippen MR) is 87.9 cm³/mol. The van der Waals surface area contributed by atoms with Crippen LogP contribution in [0.15, 0.2) is 26.4 Å². The highest BCUT2D eigenvalue weighted by molar-refractivity contribution is 6.08. The molecule has 1 aliphatic heterocycles. The van der Waals surface area contributed by atoms with Crippen LogP contribution in [0.2, 0.25) is 0 Å². The smallest absolute Gasteiger partial charge is 0.340 e. The van der Waals surface area contributed by atoms with Crippen molar-refractivity contribution in [3.8, 4) is 0 Å². The number of rotatable bonds is 2. The first-order chi connectivity index (χ1) is 12.4. The van der Waals surface area contributed by atoms with Crippen LogP contribution in [0, 0.1) is 13.8 Å². The summed E-state index contributed by atoms with van der Waals surface area (Å²) >= 11 is 0. The number of aromatic nitrogens is 2. The van der Waals surface area contributed by atoms with Crippen molar-refractivity contribution in [1.29, 1.82) is 0 Å². The van der Waals surface area contributed by atoms with Crippen molar-refractivity contribution in [2.75, 3.05) is 0 Å². The van der Waals surface area contributed by atoms with Crippen LogP contribution in [-0.4, -0.2) is 38.8 Å². The first kappa shape index (κ1) is 17.8. The van der Waals surface area contributed by atoms with E-state index in [1.165, 1.54) is 12.6 Å². The summed E-state index contributed by atoms with van der Waals surface area (Å²) in [5, 5.41) is 15.3. The van der Waals surface area contributed by atoms with Crippen molar-refractivity contribution in [2.24, 2.45) is 4.99 Å². The fourth-order valence-corrected chi connectivity index (χ4v) is 3.02. The van der Waals surface area contributed by atoms with Crippen LogP contribution in [0.4, 0.5) is 0 Å². The third-order valence-corrected chi connectivity index (χ3v) is 4.53. The Morgan fingerprint density at radius 1 is 1.08 bits per heavy atom. The number of esters is 1. The summed E-state index contributed by atoms with van der Waals surface area (Å²) in [6.07, 6.45) is 7.55. The standard InChI is InChI=1S/C12H14N2O3.C5H5NO3/c1-8-9(7-13-17-8)10-14-12(11(15)16-10)5-3-2-4-6-12;1-3-4(5(7)8)2-6-9-3/h7H,2-6H2,1H3;2H,1H3,(H,7,8). The number of aliphatic imine (C=N–C) groups is 1. The average molecular weight is 361 g/mol. The highest BCUT2D eigenvalue weighted by Gasteiger charge is 2.47. The molecule has 1 spiro atoms. The van der Waals surface area contributed by atoms with E-state index in [2.05, 4.69) is 19.8 Å². The molecule has 0 saturated heterocycles. The molecule has 138 valence electrons. The molecule has 1 aliphatic carbocycles. The van der Waals surface area contributed by atoms with E-state index in [0.29, 0.717) is 23.0 Å². The molecular weight excluding hydrogens is 342 g/mol. The molecule has 26 heavy (non-hydrogen) atoms. The number of aromatic carboxylic acids is 1. The minimum absolute atomic E-state index is 0.120. The number of hydrogen-bond acceptors (Lipinski definition) is 8. The van der Waals surface area contributed by atoms with E-state index in [1.807, 2.05) is 0 Å². The summed E-state index contributed by atoms with van der Waals surface area (Å²) in [6.45, 7) is 3.33. The molecule has 1 fully saturated rings. The maximum atomic E-state index is 12.0. The van der Waals surface area contributed by atoms with Gasteiger partial charge in [0.1, 0.15) is 17.1 Å². The second kappa shape index (κ2) is 7.11. The molecule has 4 rings (SSSR count). The van der Waals surface area contributed by atoms with Crippen molar-refractivity contribution >= 4 is 17.8 Å². The van der Waals surface area contributed by atoms with Gasteiger partial charge in [0.2, 0.25) is 5.90 Å². The molecule has 2 aliphatic rings. The Bertz CT molecular complexity index is 844. The topological polar surface area (TPSA) is 128 Å². The number of ether oxygens (including phenoxy) is 1. The summed E-state index contributed by atoms with van der Waals surface area (Å²) in [7, 11) is 0. The minimum Gasteiger partial charge on any atom is -0.478 e. The number of carbonyl (C=O) groups is 2. The molecule has 2 aromatic rings. The Morgan fingerprint density at radius 2 is 1.73 bits per heavy atom. The summed E-state index contributed by atoms with van der Waals surface area (Å²) in [4.78, 5) is 26.7. The van der Waals surface area contributed by atoms with Gasteiger partial charge in [-0.1, -0.05) is 29.6 Å². The number of cyclic esters (lactones) is 1. The molecule has 1 N–H and O–H groups in total. The van der Waals surface area contributed by atoms with Crippen LogP contribution >= 0.6 is 0 Å². The van der Waals surface area contributed by atoms with Crippen LogP contribution in [0.5, 0.6) is 0 Å². The van der Waals surface area contributed by atoms with Gasteiger partial charge in [-0.25, -0.2) is 14.6 Å². The number of carboxylic acid groups (broad SMARTS) is 1.